The van der Waals surface area contributed by atoms with Gasteiger partial charge in [-0.2, -0.15) is 0 Å². The zero-order valence-corrected chi connectivity index (χ0v) is 31.7. The monoisotopic (exact) mass is 874 g/mol. The maximum atomic E-state index is 8.55. The number of nitrogens with zero attached hydrogens (tertiary/aromatic N) is 3. The number of furan rings is 1. The molecule has 0 N–H and O–H groups in total. The van der Waals surface area contributed by atoms with Gasteiger partial charge in [0.15, 0.2) is 0 Å². The van der Waals surface area contributed by atoms with Crippen molar-refractivity contribution in [2.75, 3.05) is 0 Å². The number of fused-ring (bicyclic) bond motifs is 6. The Balaban J connectivity index is 0.000000226. The molecule has 9 aromatic rings. The molecule has 0 saturated heterocycles. The van der Waals surface area contributed by atoms with Gasteiger partial charge in [0.05, 0.1) is 11.3 Å². The molecule has 1 radical (unpaired) electrons. The Morgan fingerprint density at radius 2 is 1.49 bits per heavy atom. The first-order valence-corrected chi connectivity index (χ1v) is 17.0. The number of aromatic nitrogens is 3. The van der Waals surface area contributed by atoms with Crippen molar-refractivity contribution in [2.45, 2.75) is 40.8 Å². The van der Waals surface area contributed by atoms with Crippen LogP contribution in [0.3, 0.4) is 0 Å². The third-order valence-electron chi connectivity index (χ3n) is 8.74. The molecule has 263 valence electrons. The molecule has 0 saturated carbocycles. The van der Waals surface area contributed by atoms with Crippen LogP contribution in [-0.4, -0.2) is 15.0 Å². The molecule has 0 fully saturated rings. The van der Waals surface area contributed by atoms with Gasteiger partial charge in [0.25, 0.3) is 0 Å². The zero-order chi connectivity index (χ0) is 42.6. The Morgan fingerprint density at radius 1 is 0.679 bits per heavy atom. The summed E-state index contributed by atoms with van der Waals surface area (Å²) in [6.07, 6.45) is 3.21. The van der Waals surface area contributed by atoms with Crippen LogP contribution in [0.5, 0.6) is 0 Å². The van der Waals surface area contributed by atoms with Crippen molar-refractivity contribution >= 4 is 43.5 Å². The number of benzene rings is 5. The number of hydrogen-bond acceptors (Lipinski definition) is 4. The molecule has 5 heteroatoms. The van der Waals surface area contributed by atoms with Crippen LogP contribution in [0.4, 0.5) is 0 Å². The maximum absolute atomic E-state index is 8.55. The fraction of sp³-hybridized carbons (Fsp3) is 0.146. The molecule has 0 aliphatic rings. The molecule has 0 atom stereocenters. The third kappa shape index (κ3) is 7.69. The van der Waals surface area contributed by atoms with Crippen LogP contribution in [0.2, 0.25) is 0 Å². The molecule has 4 nitrogen and oxygen atoms in total. The smallest absolute Gasteiger partial charge is 0.121 e. The van der Waals surface area contributed by atoms with E-state index in [1.807, 2.05) is 57.2 Å². The molecule has 0 aliphatic heterocycles. The minimum Gasteiger partial charge on any atom is -0.501 e. The van der Waals surface area contributed by atoms with Crippen molar-refractivity contribution in [3.63, 3.8) is 0 Å². The van der Waals surface area contributed by atoms with Crippen molar-refractivity contribution in [1.82, 2.24) is 15.0 Å². The molecule has 0 aliphatic carbocycles. The molecule has 4 heterocycles. The van der Waals surface area contributed by atoms with Gasteiger partial charge in [-0.1, -0.05) is 99.2 Å². The molecule has 4 aromatic heterocycles. The molecule has 5 aromatic carbocycles. The summed E-state index contributed by atoms with van der Waals surface area (Å²) in [5, 5.41) is 6.84. The van der Waals surface area contributed by atoms with Gasteiger partial charge in [-0.05, 0) is 92.5 Å². The van der Waals surface area contributed by atoms with E-state index >= 15 is 0 Å². The van der Waals surface area contributed by atoms with Crippen LogP contribution < -0.4 is 0 Å². The fourth-order valence-corrected chi connectivity index (χ4v) is 6.37. The summed E-state index contributed by atoms with van der Waals surface area (Å²) in [5.74, 6) is 0. The van der Waals surface area contributed by atoms with Gasteiger partial charge >= 0.3 is 0 Å². The number of pyridine rings is 3. The first kappa shape index (κ1) is 27.2. The summed E-state index contributed by atoms with van der Waals surface area (Å²) in [7, 11) is 0. The molecule has 0 unspecified atom stereocenters. The Morgan fingerprint density at radius 3 is 2.25 bits per heavy atom. The number of aryl methyl sites for hydroxylation is 2. The van der Waals surface area contributed by atoms with E-state index in [0.717, 1.165) is 44.5 Å². The Bertz CT molecular complexity index is 2950. The Labute approximate surface area is 335 Å². The fourth-order valence-electron chi connectivity index (χ4n) is 6.37. The van der Waals surface area contributed by atoms with E-state index in [9.17, 15) is 0 Å². The van der Waals surface area contributed by atoms with Crippen LogP contribution in [-0.2, 0) is 26.5 Å². The Hall–Kier alpha value is -5.48. The molecular formula is C48H39IrN3O-2. The van der Waals surface area contributed by atoms with Gasteiger partial charge in [0.1, 0.15) is 5.58 Å². The largest absolute Gasteiger partial charge is 0.501 e. The zero-order valence-electron chi connectivity index (χ0n) is 37.3. The Kier molecular flexibility index (Phi) is 7.62. The van der Waals surface area contributed by atoms with Crippen LogP contribution >= 0.6 is 0 Å². The first-order chi connectivity index (χ1) is 28.4. The average Bonchev–Trinajstić information content (AvgIpc) is 3.60. The van der Waals surface area contributed by atoms with Crippen LogP contribution in [0.25, 0.3) is 77.3 Å². The summed E-state index contributed by atoms with van der Waals surface area (Å²) in [6.45, 7) is 1.36. The molecule has 0 spiro atoms. The quantitative estimate of drug-likeness (QED) is 0.131. The second-order valence-corrected chi connectivity index (χ2v) is 13.7. The minimum atomic E-state index is -2.18. The summed E-state index contributed by atoms with van der Waals surface area (Å²) in [4.78, 5) is 13.4. The van der Waals surface area contributed by atoms with E-state index in [2.05, 4.69) is 75.6 Å². The summed E-state index contributed by atoms with van der Waals surface area (Å²) < 4.78 is 67.2. The van der Waals surface area contributed by atoms with Crippen LogP contribution in [0, 0.1) is 31.3 Å². The normalized spacial score (nSPS) is 14.4. The van der Waals surface area contributed by atoms with Crippen molar-refractivity contribution in [3.05, 3.63) is 163 Å². The van der Waals surface area contributed by atoms with Gasteiger partial charge in [-0.3, -0.25) is 4.98 Å². The van der Waals surface area contributed by atoms with E-state index in [-0.39, 0.29) is 31.2 Å². The molecular weight excluding hydrogens is 827 g/mol. The number of rotatable bonds is 4. The van der Waals surface area contributed by atoms with Crippen LogP contribution in [0.1, 0.15) is 48.4 Å². The molecule has 0 amide bonds. The number of hydrogen-bond donors (Lipinski definition) is 0. The van der Waals surface area contributed by atoms with Gasteiger partial charge < -0.3 is 14.4 Å². The molecule has 9 rings (SSSR count). The van der Waals surface area contributed by atoms with Crippen molar-refractivity contribution in [3.8, 4) is 33.8 Å². The molecule has 0 bridgehead atoms. The van der Waals surface area contributed by atoms with E-state index < -0.39 is 25.5 Å². The predicted molar refractivity (Wildman–Crippen MR) is 215 cm³/mol. The van der Waals surface area contributed by atoms with Crippen LogP contribution in [0.15, 0.2) is 138 Å². The van der Waals surface area contributed by atoms with E-state index in [1.165, 1.54) is 45.9 Å². The predicted octanol–water partition coefficient (Wildman–Crippen LogP) is 12.6. The van der Waals surface area contributed by atoms with Gasteiger partial charge in [-0.25, -0.2) is 0 Å². The second-order valence-electron chi connectivity index (χ2n) is 13.7. The SMILES string of the molecule is [2H]C([2H])([2H])c1c[c-]c(-c2ccc(C([2H])([2H])[2H])cn2)cc1.[2H]C([2H])(c1ccc(-c2ccnc(-c3[c-]ccc4c3oc3cc5c(ccc6ccccc65)cc34)c2)nc1)C(C)(C)C.[Ir]. The summed E-state index contributed by atoms with van der Waals surface area (Å²) in [5.41, 5.74) is 6.35. The van der Waals surface area contributed by atoms with Gasteiger partial charge in [-0.15, -0.1) is 53.6 Å². The van der Waals surface area contributed by atoms with E-state index in [4.69, 9.17) is 15.4 Å². The maximum Gasteiger partial charge on any atom is 0.121 e. The third-order valence-corrected chi connectivity index (χ3v) is 8.74. The van der Waals surface area contributed by atoms with Crippen molar-refractivity contribution < 1.29 is 35.5 Å². The van der Waals surface area contributed by atoms with Crippen molar-refractivity contribution in [1.29, 1.82) is 0 Å². The van der Waals surface area contributed by atoms with Gasteiger partial charge in [0, 0.05) is 55.0 Å². The van der Waals surface area contributed by atoms with Crippen molar-refractivity contribution in [2.24, 2.45) is 5.41 Å². The minimum absolute atomic E-state index is 0. The standard InChI is InChI=1S/C35H27N2O.C13H12N.Ir/c1-35(2,3)20-22-11-14-31(37-21-22)25-15-16-36-32(18-25)28-10-6-9-27-30-17-24-13-12-23-7-4-5-8-26(23)29(24)19-33(30)38-34(27)28;1-10-3-6-12(7-4-10)13-8-5-11(2)9-14-13;/h4-9,11-19,21H,20H2,1-3H3;3-6,8-9H,1-2H3;/q2*-1;/i20D2;1D3,2D3;. The molecule has 53 heavy (non-hydrogen) atoms. The van der Waals surface area contributed by atoms with Gasteiger partial charge in [0.2, 0.25) is 0 Å². The van der Waals surface area contributed by atoms with E-state index in [0.29, 0.717) is 16.8 Å². The van der Waals surface area contributed by atoms with E-state index in [1.54, 1.807) is 24.5 Å². The summed E-state index contributed by atoms with van der Waals surface area (Å²) in [6, 6.07) is 42.5. The second kappa shape index (κ2) is 14.9. The summed E-state index contributed by atoms with van der Waals surface area (Å²) >= 11 is 0. The topological polar surface area (TPSA) is 51.8 Å². The first-order valence-electron chi connectivity index (χ1n) is 21.0. The average molecular weight is 874 g/mol.